The number of carbonyl (C=O) groups excluding carboxylic acids is 2. The third-order valence-electron chi connectivity index (χ3n) is 8.76. The van der Waals surface area contributed by atoms with E-state index < -0.39 is 53.1 Å². The predicted octanol–water partition coefficient (Wildman–Crippen LogP) is 1.61. The summed E-state index contributed by atoms with van der Waals surface area (Å²) in [5, 5.41) is 33.6. The molecule has 0 aromatic rings. The van der Waals surface area contributed by atoms with Crippen LogP contribution in [0.3, 0.4) is 0 Å². The van der Waals surface area contributed by atoms with Crippen LogP contribution < -0.4 is 0 Å². The molecule has 0 aliphatic heterocycles. The number of hydrogen-bond donors (Lipinski definition) is 3. The van der Waals surface area contributed by atoms with Crippen LogP contribution in [-0.2, 0) is 14.3 Å². The minimum absolute atomic E-state index is 0.0677. The number of esters is 1. The molecule has 3 N–H and O–H groups in total. The SMILES string of the molecule is C=C1C(=O)C23C(O)CC4C(C)(C)CCCC4(C)C2C(OC(C)=O)C(O)C1C3O. The Morgan fingerprint density at radius 1 is 1.18 bits per heavy atom. The minimum Gasteiger partial charge on any atom is -0.459 e. The molecule has 0 aromatic carbocycles. The average molecular weight is 392 g/mol. The molecule has 9 unspecified atom stereocenters. The summed E-state index contributed by atoms with van der Waals surface area (Å²) in [6.45, 7) is 11.6. The smallest absolute Gasteiger partial charge is 0.303 e. The average Bonchev–Trinajstić information content (AvgIpc) is 2.72. The summed E-state index contributed by atoms with van der Waals surface area (Å²) in [4.78, 5) is 25.4. The first-order valence-electron chi connectivity index (χ1n) is 10.4. The Balaban J connectivity index is 1.96. The van der Waals surface area contributed by atoms with Crippen molar-refractivity contribution in [3.63, 3.8) is 0 Å². The normalized spacial score (nSPS) is 52.0. The molecule has 28 heavy (non-hydrogen) atoms. The summed E-state index contributed by atoms with van der Waals surface area (Å²) in [5.41, 5.74) is -1.87. The molecule has 0 heterocycles. The van der Waals surface area contributed by atoms with Crippen molar-refractivity contribution in [3.8, 4) is 0 Å². The summed E-state index contributed by atoms with van der Waals surface area (Å²) < 4.78 is 5.62. The maximum absolute atomic E-state index is 13.4. The summed E-state index contributed by atoms with van der Waals surface area (Å²) in [6.07, 6.45) is -1.31. The number of hydrogen-bond acceptors (Lipinski definition) is 6. The summed E-state index contributed by atoms with van der Waals surface area (Å²) in [7, 11) is 0. The number of carbonyl (C=O) groups is 2. The number of ketones is 1. The van der Waals surface area contributed by atoms with Crippen LogP contribution >= 0.6 is 0 Å². The molecule has 1 spiro atoms. The van der Waals surface area contributed by atoms with Gasteiger partial charge in [0, 0.05) is 18.8 Å². The molecule has 0 saturated heterocycles. The van der Waals surface area contributed by atoms with Gasteiger partial charge in [-0.05, 0) is 41.6 Å². The number of fused-ring (bicyclic) bond motifs is 3. The number of aliphatic hydroxyl groups excluding tert-OH is 3. The van der Waals surface area contributed by atoms with E-state index in [1.807, 2.05) is 0 Å². The Morgan fingerprint density at radius 3 is 2.43 bits per heavy atom. The summed E-state index contributed by atoms with van der Waals surface area (Å²) in [6, 6.07) is 0. The van der Waals surface area contributed by atoms with Crippen LogP contribution in [0, 0.1) is 34.0 Å². The van der Waals surface area contributed by atoms with E-state index in [9.17, 15) is 24.9 Å². The van der Waals surface area contributed by atoms with E-state index in [0.29, 0.717) is 6.42 Å². The monoisotopic (exact) mass is 392 g/mol. The van der Waals surface area contributed by atoms with Crippen LogP contribution in [0.25, 0.3) is 0 Å². The fourth-order valence-electron chi connectivity index (χ4n) is 7.79. The first-order valence-corrected chi connectivity index (χ1v) is 10.4. The van der Waals surface area contributed by atoms with Gasteiger partial charge < -0.3 is 20.1 Å². The molecule has 2 bridgehead atoms. The Hall–Kier alpha value is -1.24. The van der Waals surface area contributed by atoms with E-state index in [-0.39, 0.29) is 22.7 Å². The minimum atomic E-state index is -1.47. The first-order chi connectivity index (χ1) is 12.9. The van der Waals surface area contributed by atoms with Crippen molar-refractivity contribution in [2.45, 2.75) is 77.8 Å². The van der Waals surface area contributed by atoms with E-state index in [2.05, 4.69) is 27.4 Å². The van der Waals surface area contributed by atoms with E-state index in [0.717, 1.165) is 19.3 Å². The Bertz CT molecular complexity index is 743. The van der Waals surface area contributed by atoms with E-state index in [4.69, 9.17) is 4.74 Å². The highest BCUT2D eigenvalue weighted by Gasteiger charge is 2.78. The fraction of sp³-hybridized carbons (Fsp3) is 0.818. The maximum atomic E-state index is 13.4. The maximum Gasteiger partial charge on any atom is 0.303 e. The van der Waals surface area contributed by atoms with Gasteiger partial charge in [-0.25, -0.2) is 0 Å². The molecule has 4 fully saturated rings. The standard InChI is InChI=1S/C22H32O6/c1-10-14-15(25)16(28-11(2)23)17-21(5)8-6-7-20(3,4)12(21)9-13(24)22(17,18(10)26)19(14)27/h12-17,19,24-25,27H,1,6-9H2,2-5H3. The molecule has 0 amide bonds. The van der Waals surface area contributed by atoms with Crippen molar-refractivity contribution >= 4 is 11.8 Å². The molecule has 156 valence electrons. The van der Waals surface area contributed by atoms with Crippen molar-refractivity contribution in [2.75, 3.05) is 0 Å². The van der Waals surface area contributed by atoms with Crippen LogP contribution in [-0.4, -0.2) is 51.5 Å². The first kappa shape index (κ1) is 20.0. The second-order valence-electron chi connectivity index (χ2n) is 10.5. The molecule has 6 nitrogen and oxygen atoms in total. The van der Waals surface area contributed by atoms with Crippen molar-refractivity contribution in [3.05, 3.63) is 12.2 Å². The zero-order chi connectivity index (χ0) is 20.8. The van der Waals surface area contributed by atoms with Crippen molar-refractivity contribution in [1.82, 2.24) is 0 Å². The number of Topliss-reactive ketones (excluding diaryl/α,β-unsaturated/α-hetero) is 1. The lowest BCUT2D eigenvalue weighted by Gasteiger charge is -2.66. The van der Waals surface area contributed by atoms with Crippen molar-refractivity contribution in [1.29, 1.82) is 0 Å². The number of rotatable bonds is 1. The van der Waals surface area contributed by atoms with Gasteiger partial charge in [-0.2, -0.15) is 0 Å². The van der Waals surface area contributed by atoms with Crippen LogP contribution in [0.5, 0.6) is 0 Å². The number of aliphatic hydroxyl groups is 3. The molecular weight excluding hydrogens is 360 g/mol. The third-order valence-corrected chi connectivity index (χ3v) is 8.76. The zero-order valence-electron chi connectivity index (χ0n) is 17.1. The van der Waals surface area contributed by atoms with Gasteiger partial charge in [0.05, 0.1) is 17.6 Å². The lowest BCUT2D eigenvalue weighted by Crippen LogP contribution is -2.72. The van der Waals surface area contributed by atoms with Gasteiger partial charge in [-0.15, -0.1) is 0 Å². The predicted molar refractivity (Wildman–Crippen MR) is 101 cm³/mol. The van der Waals surface area contributed by atoms with Gasteiger partial charge in [0.25, 0.3) is 0 Å². The van der Waals surface area contributed by atoms with Gasteiger partial charge in [0.15, 0.2) is 5.78 Å². The van der Waals surface area contributed by atoms with Crippen LogP contribution in [0.1, 0.15) is 53.4 Å². The lowest BCUT2D eigenvalue weighted by molar-refractivity contribution is -0.274. The molecule has 6 heteroatoms. The zero-order valence-corrected chi connectivity index (χ0v) is 17.1. The van der Waals surface area contributed by atoms with E-state index >= 15 is 0 Å². The second-order valence-corrected chi connectivity index (χ2v) is 10.5. The molecule has 4 saturated carbocycles. The highest BCUT2D eigenvalue weighted by Crippen LogP contribution is 2.71. The van der Waals surface area contributed by atoms with Crippen LogP contribution in [0.4, 0.5) is 0 Å². The van der Waals surface area contributed by atoms with E-state index in [1.165, 1.54) is 6.92 Å². The fourth-order valence-corrected chi connectivity index (χ4v) is 7.79. The van der Waals surface area contributed by atoms with Gasteiger partial charge >= 0.3 is 5.97 Å². The molecule has 4 aliphatic carbocycles. The third kappa shape index (κ3) is 2.14. The topological polar surface area (TPSA) is 104 Å². The van der Waals surface area contributed by atoms with Gasteiger partial charge in [0.1, 0.15) is 12.2 Å². The Kier molecular flexibility index (Phi) is 4.22. The largest absolute Gasteiger partial charge is 0.459 e. The quantitative estimate of drug-likeness (QED) is 0.463. The highest BCUT2D eigenvalue weighted by atomic mass is 16.6. The molecule has 0 radical (unpaired) electrons. The molecule has 9 atom stereocenters. The summed E-state index contributed by atoms with van der Waals surface area (Å²) in [5.74, 6) is -2.41. The van der Waals surface area contributed by atoms with Crippen LogP contribution in [0.2, 0.25) is 0 Å². The lowest BCUT2D eigenvalue weighted by atomic mass is 9.39. The summed E-state index contributed by atoms with van der Waals surface area (Å²) >= 11 is 0. The molecular formula is C22H32O6. The molecule has 4 rings (SSSR count). The van der Waals surface area contributed by atoms with Crippen molar-refractivity contribution < 1.29 is 29.6 Å². The molecule has 0 aromatic heterocycles. The van der Waals surface area contributed by atoms with Crippen molar-refractivity contribution in [2.24, 2.45) is 34.0 Å². The molecule has 4 aliphatic rings. The van der Waals surface area contributed by atoms with E-state index in [1.54, 1.807) is 0 Å². The Labute approximate surface area is 166 Å². The second kappa shape index (κ2) is 5.89. The highest BCUT2D eigenvalue weighted by molar-refractivity contribution is 6.05. The Morgan fingerprint density at radius 2 is 1.82 bits per heavy atom. The van der Waals surface area contributed by atoms with Gasteiger partial charge in [-0.3, -0.25) is 9.59 Å². The van der Waals surface area contributed by atoms with Gasteiger partial charge in [-0.1, -0.05) is 33.8 Å². The number of ether oxygens (including phenoxy) is 1. The van der Waals surface area contributed by atoms with Gasteiger partial charge in [0.2, 0.25) is 0 Å². The van der Waals surface area contributed by atoms with Crippen LogP contribution in [0.15, 0.2) is 12.2 Å².